The molecule has 1 unspecified atom stereocenters. The number of carbonyl (C=O) groups excluding carboxylic acids is 1. The number of hydrogen-bond donors (Lipinski definition) is 2. The molecule has 4 nitrogen and oxygen atoms in total. The second-order valence-electron chi connectivity index (χ2n) is 5.55. The van der Waals surface area contributed by atoms with E-state index in [4.69, 9.17) is 16.2 Å². The van der Waals surface area contributed by atoms with Crippen molar-refractivity contribution in [3.8, 4) is 0 Å². The Morgan fingerprint density at radius 2 is 1.36 bits per heavy atom. The van der Waals surface area contributed by atoms with Crippen LogP contribution in [0.4, 0.5) is 11.4 Å². The highest BCUT2D eigenvalue weighted by atomic mass is 16.5. The van der Waals surface area contributed by atoms with Gasteiger partial charge in [-0.15, -0.1) is 0 Å². The zero-order valence-corrected chi connectivity index (χ0v) is 13.0. The number of hydrogen-bond acceptors (Lipinski definition) is 4. The molecular formula is C18H22N2O2. The zero-order chi connectivity index (χ0) is 16.1. The van der Waals surface area contributed by atoms with Crippen molar-refractivity contribution < 1.29 is 9.53 Å². The Morgan fingerprint density at radius 1 is 0.955 bits per heavy atom. The van der Waals surface area contributed by atoms with Crippen LogP contribution in [0.1, 0.15) is 30.4 Å². The van der Waals surface area contributed by atoms with E-state index in [0.29, 0.717) is 6.42 Å². The van der Waals surface area contributed by atoms with Gasteiger partial charge < -0.3 is 16.2 Å². The van der Waals surface area contributed by atoms with Gasteiger partial charge in [0.2, 0.25) is 0 Å². The zero-order valence-electron chi connectivity index (χ0n) is 13.0. The highest BCUT2D eigenvalue weighted by molar-refractivity contribution is 5.72. The molecule has 0 aromatic heterocycles. The van der Waals surface area contributed by atoms with E-state index < -0.39 is 0 Å². The van der Waals surface area contributed by atoms with Crippen molar-refractivity contribution >= 4 is 17.3 Å². The average molecular weight is 298 g/mol. The van der Waals surface area contributed by atoms with Crippen molar-refractivity contribution in [3.05, 3.63) is 59.7 Å². The van der Waals surface area contributed by atoms with Gasteiger partial charge in [0.1, 0.15) is 0 Å². The van der Waals surface area contributed by atoms with Gasteiger partial charge in [0.05, 0.1) is 13.0 Å². The Kier molecular flexibility index (Phi) is 5.04. The molecule has 0 aliphatic rings. The Morgan fingerprint density at radius 3 is 1.73 bits per heavy atom. The summed E-state index contributed by atoms with van der Waals surface area (Å²) in [5.41, 5.74) is 15.2. The fourth-order valence-corrected chi connectivity index (χ4v) is 2.57. The highest BCUT2D eigenvalue weighted by Crippen LogP contribution is 2.32. The molecule has 2 aromatic carbocycles. The summed E-state index contributed by atoms with van der Waals surface area (Å²) in [7, 11) is 1.42. The number of nitrogen functional groups attached to an aromatic ring is 2. The Hall–Kier alpha value is -2.49. The summed E-state index contributed by atoms with van der Waals surface area (Å²) in [5.74, 6) is -0.295. The van der Waals surface area contributed by atoms with Gasteiger partial charge in [-0.3, -0.25) is 4.79 Å². The molecule has 0 aliphatic carbocycles. The van der Waals surface area contributed by atoms with E-state index in [0.717, 1.165) is 22.5 Å². The third-order valence-corrected chi connectivity index (χ3v) is 3.87. The summed E-state index contributed by atoms with van der Waals surface area (Å²) in [6.07, 6.45) is 0.667. The quantitative estimate of drug-likeness (QED) is 0.656. The molecule has 4 N–H and O–H groups in total. The van der Waals surface area contributed by atoms with Gasteiger partial charge in [-0.25, -0.2) is 0 Å². The number of anilines is 2. The van der Waals surface area contributed by atoms with Crippen LogP contribution in [0.3, 0.4) is 0 Å². The Balaban J connectivity index is 2.33. The summed E-state index contributed by atoms with van der Waals surface area (Å²) < 4.78 is 4.84. The maximum atomic E-state index is 11.8. The van der Waals surface area contributed by atoms with Crippen LogP contribution in [0, 0.1) is 5.92 Å². The molecule has 4 heteroatoms. The Bertz CT molecular complexity index is 575. The normalized spacial score (nSPS) is 12.1. The molecule has 0 aliphatic heterocycles. The van der Waals surface area contributed by atoms with Crippen molar-refractivity contribution in [3.63, 3.8) is 0 Å². The number of methoxy groups -OCH3 is 1. The molecule has 0 amide bonds. The number of esters is 1. The van der Waals surface area contributed by atoms with Gasteiger partial charge in [-0.2, -0.15) is 0 Å². The molecule has 1 atom stereocenters. The first kappa shape index (κ1) is 15.9. The second kappa shape index (κ2) is 6.98. The first-order valence-corrected chi connectivity index (χ1v) is 7.30. The van der Waals surface area contributed by atoms with Crippen LogP contribution in [0.15, 0.2) is 48.5 Å². The summed E-state index contributed by atoms with van der Waals surface area (Å²) in [4.78, 5) is 11.8. The molecule has 0 saturated carbocycles. The predicted molar refractivity (Wildman–Crippen MR) is 89.3 cm³/mol. The van der Waals surface area contributed by atoms with E-state index in [1.54, 1.807) is 0 Å². The standard InChI is InChI=1S/C18H22N2O2/c1-12(18(21)22-2)11-17(13-3-7-15(19)8-4-13)14-5-9-16(20)10-6-14/h3-10,12,17H,11,19-20H2,1-2H3. The Labute approximate surface area is 131 Å². The van der Waals surface area contributed by atoms with Gasteiger partial charge in [-0.1, -0.05) is 31.2 Å². The van der Waals surface area contributed by atoms with Crippen molar-refractivity contribution in [2.45, 2.75) is 19.3 Å². The average Bonchev–Trinajstić information content (AvgIpc) is 2.53. The van der Waals surface area contributed by atoms with Crippen LogP contribution in [0.5, 0.6) is 0 Å². The summed E-state index contributed by atoms with van der Waals surface area (Å²) in [5, 5.41) is 0. The fraction of sp³-hybridized carbons (Fsp3) is 0.278. The molecular weight excluding hydrogens is 276 g/mol. The minimum atomic E-state index is -0.198. The molecule has 116 valence electrons. The van der Waals surface area contributed by atoms with Crippen molar-refractivity contribution in [1.29, 1.82) is 0 Å². The van der Waals surface area contributed by atoms with E-state index in [1.165, 1.54) is 7.11 Å². The maximum absolute atomic E-state index is 11.8. The van der Waals surface area contributed by atoms with Crippen LogP contribution in [-0.4, -0.2) is 13.1 Å². The van der Waals surface area contributed by atoms with E-state index in [-0.39, 0.29) is 17.8 Å². The number of ether oxygens (including phenoxy) is 1. The van der Waals surface area contributed by atoms with Gasteiger partial charge >= 0.3 is 5.97 Å². The first-order valence-electron chi connectivity index (χ1n) is 7.30. The predicted octanol–water partition coefficient (Wildman–Crippen LogP) is 3.18. The smallest absolute Gasteiger partial charge is 0.308 e. The molecule has 0 bridgehead atoms. The van der Waals surface area contributed by atoms with E-state index in [1.807, 2.05) is 55.5 Å². The highest BCUT2D eigenvalue weighted by Gasteiger charge is 2.22. The van der Waals surface area contributed by atoms with Crippen LogP contribution in [0.25, 0.3) is 0 Å². The van der Waals surface area contributed by atoms with Crippen molar-refractivity contribution in [2.75, 3.05) is 18.6 Å². The van der Waals surface area contributed by atoms with Gasteiger partial charge in [0.15, 0.2) is 0 Å². The lowest BCUT2D eigenvalue weighted by Gasteiger charge is -2.21. The minimum absolute atomic E-state index is 0.0929. The fourth-order valence-electron chi connectivity index (χ4n) is 2.57. The van der Waals surface area contributed by atoms with Gasteiger partial charge in [0.25, 0.3) is 0 Å². The molecule has 0 spiro atoms. The number of rotatable bonds is 5. The molecule has 2 aromatic rings. The van der Waals surface area contributed by atoms with E-state index >= 15 is 0 Å². The lowest BCUT2D eigenvalue weighted by molar-refractivity contribution is -0.145. The topological polar surface area (TPSA) is 78.3 Å². The molecule has 0 heterocycles. The summed E-state index contributed by atoms with van der Waals surface area (Å²) >= 11 is 0. The number of carbonyl (C=O) groups is 1. The first-order chi connectivity index (χ1) is 10.5. The molecule has 0 saturated heterocycles. The van der Waals surface area contributed by atoms with E-state index in [2.05, 4.69) is 0 Å². The maximum Gasteiger partial charge on any atom is 0.308 e. The third-order valence-electron chi connectivity index (χ3n) is 3.87. The third kappa shape index (κ3) is 3.79. The van der Waals surface area contributed by atoms with Gasteiger partial charge in [0, 0.05) is 17.3 Å². The largest absolute Gasteiger partial charge is 0.469 e. The minimum Gasteiger partial charge on any atom is -0.469 e. The second-order valence-corrected chi connectivity index (χ2v) is 5.55. The van der Waals surface area contributed by atoms with Crippen LogP contribution < -0.4 is 11.5 Å². The van der Waals surface area contributed by atoms with Crippen LogP contribution >= 0.6 is 0 Å². The lowest BCUT2D eigenvalue weighted by Crippen LogP contribution is -2.17. The molecule has 0 fully saturated rings. The molecule has 22 heavy (non-hydrogen) atoms. The monoisotopic (exact) mass is 298 g/mol. The molecule has 0 radical (unpaired) electrons. The summed E-state index contributed by atoms with van der Waals surface area (Å²) in [6.45, 7) is 1.88. The molecule has 2 rings (SSSR count). The number of nitrogens with two attached hydrogens (primary N) is 2. The van der Waals surface area contributed by atoms with Crippen LogP contribution in [-0.2, 0) is 9.53 Å². The summed E-state index contributed by atoms with van der Waals surface area (Å²) in [6, 6.07) is 15.5. The lowest BCUT2D eigenvalue weighted by atomic mass is 9.84. The SMILES string of the molecule is COC(=O)C(C)CC(c1ccc(N)cc1)c1ccc(N)cc1. The van der Waals surface area contributed by atoms with Crippen molar-refractivity contribution in [1.82, 2.24) is 0 Å². The van der Waals surface area contributed by atoms with Gasteiger partial charge in [-0.05, 0) is 41.8 Å². The van der Waals surface area contributed by atoms with Crippen LogP contribution in [0.2, 0.25) is 0 Å². The van der Waals surface area contributed by atoms with Crippen molar-refractivity contribution in [2.24, 2.45) is 5.92 Å². The van der Waals surface area contributed by atoms with E-state index in [9.17, 15) is 4.79 Å². The number of benzene rings is 2.